The van der Waals surface area contributed by atoms with Gasteiger partial charge in [0.25, 0.3) is 0 Å². The molecule has 5 nitrogen and oxygen atoms in total. The molecular formula is C24H20N4OPt. The van der Waals surface area contributed by atoms with Crippen LogP contribution in [0.4, 0.5) is 0 Å². The normalized spacial score (nSPS) is 15.3. The van der Waals surface area contributed by atoms with Crippen molar-refractivity contribution < 1.29 is 25.8 Å². The largest absolute Gasteiger partial charge is 2.00 e. The summed E-state index contributed by atoms with van der Waals surface area (Å²) in [5, 5.41) is 0. The third kappa shape index (κ3) is 2.95. The Kier molecular flexibility index (Phi) is 4.48. The minimum Gasteiger partial charge on any atom is -0.497 e. The molecule has 4 heterocycles. The molecule has 4 aromatic rings. The fourth-order valence-electron chi connectivity index (χ4n) is 4.49. The molecule has 6 rings (SSSR count). The first-order chi connectivity index (χ1) is 14.1. The molecule has 0 aliphatic carbocycles. The van der Waals surface area contributed by atoms with Gasteiger partial charge in [-0.25, -0.2) is 0 Å². The molecular weight excluding hydrogens is 555 g/mol. The van der Waals surface area contributed by atoms with Crippen LogP contribution in [0, 0.1) is 12.1 Å². The molecule has 2 aliphatic rings. The van der Waals surface area contributed by atoms with Crippen molar-refractivity contribution in [2.75, 3.05) is 0 Å². The van der Waals surface area contributed by atoms with Crippen molar-refractivity contribution in [3.63, 3.8) is 0 Å². The monoisotopic (exact) mass is 575 g/mol. The number of ether oxygens (including phenoxy) is 1. The first-order valence-corrected chi connectivity index (χ1v) is 9.92. The Morgan fingerprint density at radius 2 is 1.57 bits per heavy atom. The third-order valence-corrected chi connectivity index (χ3v) is 5.93. The molecule has 0 atom stereocenters. The molecule has 6 heteroatoms. The fraction of sp³-hybridized carbons (Fsp3) is 0.250. The van der Waals surface area contributed by atoms with E-state index in [1.165, 1.54) is 11.1 Å². The van der Waals surface area contributed by atoms with E-state index in [1.807, 2.05) is 36.9 Å². The number of nitrogens with zero attached hydrogens (tertiary/aromatic N) is 4. The molecule has 30 heavy (non-hydrogen) atoms. The standard InChI is InChI=1S/C24H20N4O.Pt/c1-24(2)15-17-4-6-19(14-21(17)23-26-9-12-28(23)24)29-18-5-3-16-7-10-27-11-8-25-22(27)20(16)13-18;/h3-6,8-9,11-12H,7,10,15H2,1-2H3;/q-2;+2. The number of fused-ring (bicyclic) bond motifs is 6. The molecule has 2 aromatic heterocycles. The second-order valence-electron chi connectivity index (χ2n) is 8.35. The summed E-state index contributed by atoms with van der Waals surface area (Å²) in [6.45, 7) is 5.42. The van der Waals surface area contributed by atoms with E-state index < -0.39 is 0 Å². The molecule has 0 amide bonds. The number of aryl methyl sites for hydroxylation is 2. The summed E-state index contributed by atoms with van der Waals surface area (Å²) in [5.74, 6) is 3.25. The van der Waals surface area contributed by atoms with Crippen LogP contribution in [0.1, 0.15) is 25.0 Å². The molecule has 0 fully saturated rings. The summed E-state index contributed by atoms with van der Waals surface area (Å²) >= 11 is 0. The van der Waals surface area contributed by atoms with Crippen LogP contribution >= 0.6 is 0 Å². The van der Waals surface area contributed by atoms with Crippen molar-refractivity contribution in [3.8, 4) is 34.3 Å². The quantitative estimate of drug-likeness (QED) is 0.327. The summed E-state index contributed by atoms with van der Waals surface area (Å²) < 4.78 is 10.5. The molecule has 0 N–H and O–H groups in total. The molecule has 0 saturated heterocycles. The van der Waals surface area contributed by atoms with Gasteiger partial charge in [0.1, 0.15) is 0 Å². The number of hydrogen-bond donors (Lipinski definition) is 0. The second kappa shape index (κ2) is 6.95. The van der Waals surface area contributed by atoms with Gasteiger partial charge in [0.2, 0.25) is 0 Å². The van der Waals surface area contributed by atoms with Gasteiger partial charge >= 0.3 is 21.1 Å². The van der Waals surface area contributed by atoms with Gasteiger partial charge in [-0.1, -0.05) is 12.1 Å². The zero-order valence-electron chi connectivity index (χ0n) is 16.8. The van der Waals surface area contributed by atoms with Crippen LogP contribution in [0.15, 0.2) is 49.1 Å². The van der Waals surface area contributed by atoms with Gasteiger partial charge in [-0.05, 0) is 26.7 Å². The van der Waals surface area contributed by atoms with Gasteiger partial charge in [0, 0.05) is 48.4 Å². The van der Waals surface area contributed by atoms with Crippen LogP contribution in [-0.4, -0.2) is 19.1 Å². The van der Waals surface area contributed by atoms with E-state index in [0.717, 1.165) is 42.2 Å². The van der Waals surface area contributed by atoms with Crippen LogP contribution in [-0.2, 0) is 46.0 Å². The van der Waals surface area contributed by atoms with E-state index in [-0.39, 0.29) is 26.6 Å². The maximum atomic E-state index is 6.16. The third-order valence-electron chi connectivity index (χ3n) is 5.93. The van der Waals surface area contributed by atoms with E-state index in [0.29, 0.717) is 11.5 Å². The number of rotatable bonds is 2. The van der Waals surface area contributed by atoms with Crippen LogP contribution in [0.5, 0.6) is 11.5 Å². The Hall–Kier alpha value is -2.65. The minimum atomic E-state index is 0. The van der Waals surface area contributed by atoms with Crippen LogP contribution in [0.3, 0.4) is 0 Å². The molecule has 2 aromatic carbocycles. The van der Waals surface area contributed by atoms with Crippen molar-refractivity contribution in [3.05, 3.63) is 72.3 Å². The fourth-order valence-corrected chi connectivity index (χ4v) is 4.49. The average Bonchev–Trinajstić information content (AvgIpc) is 3.38. The van der Waals surface area contributed by atoms with Gasteiger partial charge < -0.3 is 13.9 Å². The van der Waals surface area contributed by atoms with Gasteiger partial charge in [-0.15, -0.1) is 46.5 Å². The Labute approximate surface area is 190 Å². The average molecular weight is 576 g/mol. The number of imidazole rings is 2. The molecule has 0 unspecified atom stereocenters. The van der Waals surface area contributed by atoms with E-state index in [4.69, 9.17) is 4.74 Å². The summed E-state index contributed by atoms with van der Waals surface area (Å²) in [7, 11) is 0. The Bertz CT molecular complexity index is 1250. The van der Waals surface area contributed by atoms with Crippen LogP contribution < -0.4 is 4.74 Å². The van der Waals surface area contributed by atoms with Gasteiger partial charge in [-0.3, -0.25) is 9.97 Å². The molecule has 152 valence electrons. The van der Waals surface area contributed by atoms with Crippen LogP contribution in [0.25, 0.3) is 22.8 Å². The molecule has 0 bridgehead atoms. The predicted octanol–water partition coefficient (Wildman–Crippen LogP) is 4.65. The van der Waals surface area contributed by atoms with E-state index in [2.05, 4.69) is 57.2 Å². The predicted molar refractivity (Wildman–Crippen MR) is 110 cm³/mol. The van der Waals surface area contributed by atoms with E-state index in [1.54, 1.807) is 0 Å². The van der Waals surface area contributed by atoms with E-state index in [9.17, 15) is 0 Å². The van der Waals surface area contributed by atoms with Crippen molar-refractivity contribution in [1.82, 2.24) is 19.1 Å². The zero-order valence-corrected chi connectivity index (χ0v) is 19.0. The van der Waals surface area contributed by atoms with Crippen molar-refractivity contribution >= 4 is 0 Å². The van der Waals surface area contributed by atoms with Crippen molar-refractivity contribution in [2.24, 2.45) is 0 Å². The number of benzene rings is 2. The van der Waals surface area contributed by atoms with Crippen molar-refractivity contribution in [1.29, 1.82) is 0 Å². The topological polar surface area (TPSA) is 44.9 Å². The van der Waals surface area contributed by atoms with Gasteiger partial charge in [0.05, 0.1) is 11.6 Å². The molecule has 0 saturated carbocycles. The maximum Gasteiger partial charge on any atom is 2.00 e. The number of hydrogen-bond acceptors (Lipinski definition) is 3. The van der Waals surface area contributed by atoms with Gasteiger partial charge in [0.15, 0.2) is 0 Å². The Morgan fingerprint density at radius 1 is 0.900 bits per heavy atom. The Balaban J connectivity index is 0.00000193. The van der Waals surface area contributed by atoms with E-state index >= 15 is 0 Å². The summed E-state index contributed by atoms with van der Waals surface area (Å²) in [5.41, 5.74) is 4.55. The summed E-state index contributed by atoms with van der Waals surface area (Å²) in [6, 6.07) is 15.1. The Morgan fingerprint density at radius 3 is 2.37 bits per heavy atom. The van der Waals surface area contributed by atoms with Crippen molar-refractivity contribution in [2.45, 2.75) is 38.8 Å². The van der Waals surface area contributed by atoms with Crippen LogP contribution in [0.2, 0.25) is 0 Å². The first kappa shape index (κ1) is 19.3. The summed E-state index contributed by atoms with van der Waals surface area (Å²) in [6.07, 6.45) is 9.67. The summed E-state index contributed by atoms with van der Waals surface area (Å²) in [4.78, 5) is 9.07. The SMILES string of the molecule is CC1(C)Cc2ccc(Oc3[c-]c4c(cc3)CCn3ccnc3-4)[c-]c2-c2nccn21.[Pt+2]. The van der Waals surface area contributed by atoms with Gasteiger partial charge in [-0.2, -0.15) is 0 Å². The zero-order chi connectivity index (χ0) is 19.6. The second-order valence-corrected chi connectivity index (χ2v) is 8.35. The molecule has 0 spiro atoms. The minimum absolute atomic E-state index is 0. The molecule has 0 radical (unpaired) electrons. The first-order valence-electron chi connectivity index (χ1n) is 9.92. The number of aromatic nitrogens is 4. The smallest absolute Gasteiger partial charge is 0.497 e. The molecule has 2 aliphatic heterocycles. The maximum absolute atomic E-state index is 6.16.